The van der Waals surface area contributed by atoms with Crippen LogP contribution in [0, 0.1) is 17.6 Å². The Labute approximate surface area is 105 Å². The number of benzene rings is 1. The molecule has 0 saturated carbocycles. The average Bonchev–Trinajstić information content (AvgIpc) is 2.37. The monoisotopic (exact) mass is 254 g/mol. The summed E-state index contributed by atoms with van der Waals surface area (Å²) in [5, 5.41) is 5.93. The first-order chi connectivity index (χ1) is 8.66. The van der Waals surface area contributed by atoms with Crippen LogP contribution in [-0.4, -0.2) is 25.5 Å². The lowest BCUT2D eigenvalue weighted by molar-refractivity contribution is 0.0940. The lowest BCUT2D eigenvalue weighted by atomic mass is 9.99. The Kier molecular flexibility index (Phi) is 4.25. The molecule has 0 spiro atoms. The minimum Gasteiger partial charge on any atom is -0.352 e. The van der Waals surface area contributed by atoms with Crippen molar-refractivity contribution in [2.24, 2.45) is 5.92 Å². The van der Waals surface area contributed by atoms with Gasteiger partial charge in [-0.2, -0.15) is 0 Å². The number of piperidine rings is 1. The van der Waals surface area contributed by atoms with Crippen LogP contribution in [0.3, 0.4) is 0 Å². The first-order valence-corrected chi connectivity index (χ1v) is 6.11. The van der Waals surface area contributed by atoms with E-state index in [0.717, 1.165) is 38.1 Å². The van der Waals surface area contributed by atoms with Crippen molar-refractivity contribution in [3.63, 3.8) is 0 Å². The van der Waals surface area contributed by atoms with Gasteiger partial charge in [0.2, 0.25) is 0 Å². The van der Waals surface area contributed by atoms with Gasteiger partial charge in [-0.15, -0.1) is 0 Å². The van der Waals surface area contributed by atoms with Gasteiger partial charge in [-0.25, -0.2) is 8.78 Å². The third-order valence-corrected chi connectivity index (χ3v) is 3.13. The van der Waals surface area contributed by atoms with Crippen LogP contribution in [0.2, 0.25) is 0 Å². The molecule has 0 bridgehead atoms. The third-order valence-electron chi connectivity index (χ3n) is 3.13. The van der Waals surface area contributed by atoms with Crippen LogP contribution < -0.4 is 10.6 Å². The van der Waals surface area contributed by atoms with Crippen molar-refractivity contribution in [1.29, 1.82) is 0 Å². The molecule has 1 unspecified atom stereocenters. The summed E-state index contributed by atoms with van der Waals surface area (Å²) in [6.07, 6.45) is 2.14. The SMILES string of the molecule is O=C(NCC1CCCNC1)c1ccc(F)cc1F. The first kappa shape index (κ1) is 13.0. The quantitative estimate of drug-likeness (QED) is 0.862. The molecule has 1 aromatic carbocycles. The van der Waals surface area contributed by atoms with E-state index in [1.54, 1.807) is 0 Å². The van der Waals surface area contributed by atoms with Gasteiger partial charge in [0.05, 0.1) is 5.56 Å². The van der Waals surface area contributed by atoms with Crippen molar-refractivity contribution in [3.8, 4) is 0 Å². The number of hydrogen-bond acceptors (Lipinski definition) is 2. The maximum Gasteiger partial charge on any atom is 0.254 e. The van der Waals surface area contributed by atoms with Crippen LogP contribution >= 0.6 is 0 Å². The van der Waals surface area contributed by atoms with Crippen molar-refractivity contribution < 1.29 is 13.6 Å². The third kappa shape index (κ3) is 3.26. The zero-order chi connectivity index (χ0) is 13.0. The molecule has 0 radical (unpaired) electrons. The fourth-order valence-electron chi connectivity index (χ4n) is 2.10. The molecule has 1 heterocycles. The van der Waals surface area contributed by atoms with Gasteiger partial charge in [-0.1, -0.05) is 0 Å². The molecule has 1 aliphatic heterocycles. The lowest BCUT2D eigenvalue weighted by Crippen LogP contribution is -2.38. The van der Waals surface area contributed by atoms with E-state index in [2.05, 4.69) is 10.6 Å². The van der Waals surface area contributed by atoms with Gasteiger partial charge in [-0.05, 0) is 44.0 Å². The number of nitrogens with one attached hydrogen (secondary N) is 2. The highest BCUT2D eigenvalue weighted by Gasteiger charge is 2.16. The number of carbonyl (C=O) groups is 1. The van der Waals surface area contributed by atoms with Crippen LogP contribution in [0.25, 0.3) is 0 Å². The molecule has 1 saturated heterocycles. The van der Waals surface area contributed by atoms with Crippen LogP contribution in [0.15, 0.2) is 18.2 Å². The van der Waals surface area contributed by atoms with Crippen molar-refractivity contribution >= 4 is 5.91 Å². The molecule has 0 aromatic heterocycles. The Morgan fingerprint density at radius 1 is 1.44 bits per heavy atom. The molecule has 1 fully saturated rings. The van der Waals surface area contributed by atoms with Crippen molar-refractivity contribution in [2.75, 3.05) is 19.6 Å². The Balaban J connectivity index is 1.90. The largest absolute Gasteiger partial charge is 0.352 e. The van der Waals surface area contributed by atoms with Gasteiger partial charge in [-0.3, -0.25) is 4.79 Å². The smallest absolute Gasteiger partial charge is 0.254 e. The minimum atomic E-state index is -0.825. The summed E-state index contributed by atoms with van der Waals surface area (Å²) in [7, 11) is 0. The lowest BCUT2D eigenvalue weighted by Gasteiger charge is -2.22. The zero-order valence-electron chi connectivity index (χ0n) is 10.0. The highest BCUT2D eigenvalue weighted by Crippen LogP contribution is 2.11. The molecule has 98 valence electrons. The van der Waals surface area contributed by atoms with Gasteiger partial charge in [0.1, 0.15) is 11.6 Å². The molecular formula is C13H16F2N2O. The van der Waals surface area contributed by atoms with Crippen LogP contribution in [0.1, 0.15) is 23.2 Å². The molecule has 1 aliphatic rings. The van der Waals surface area contributed by atoms with Gasteiger partial charge < -0.3 is 10.6 Å². The predicted molar refractivity (Wildman–Crippen MR) is 64.3 cm³/mol. The van der Waals surface area contributed by atoms with Gasteiger partial charge in [0.25, 0.3) is 5.91 Å². The van der Waals surface area contributed by atoms with E-state index >= 15 is 0 Å². The number of carbonyl (C=O) groups excluding carboxylic acids is 1. The maximum absolute atomic E-state index is 13.4. The normalized spacial score (nSPS) is 19.6. The Morgan fingerprint density at radius 2 is 2.28 bits per heavy atom. The number of halogens is 2. The summed E-state index contributed by atoms with van der Waals surface area (Å²) in [6, 6.07) is 2.97. The fraction of sp³-hybridized carbons (Fsp3) is 0.462. The van der Waals surface area contributed by atoms with Gasteiger partial charge in [0, 0.05) is 12.6 Å². The van der Waals surface area contributed by atoms with Crippen molar-refractivity contribution in [1.82, 2.24) is 10.6 Å². The molecule has 0 aliphatic carbocycles. The Bertz CT molecular complexity index is 431. The van der Waals surface area contributed by atoms with E-state index < -0.39 is 17.5 Å². The summed E-state index contributed by atoms with van der Waals surface area (Å²) in [6.45, 7) is 2.39. The number of hydrogen-bond donors (Lipinski definition) is 2. The van der Waals surface area contributed by atoms with E-state index in [1.165, 1.54) is 6.07 Å². The summed E-state index contributed by atoms with van der Waals surface area (Å²) in [4.78, 5) is 11.7. The summed E-state index contributed by atoms with van der Waals surface area (Å²) < 4.78 is 26.1. The molecule has 1 atom stereocenters. The topological polar surface area (TPSA) is 41.1 Å². The minimum absolute atomic E-state index is 0.111. The van der Waals surface area contributed by atoms with E-state index in [4.69, 9.17) is 0 Å². The molecular weight excluding hydrogens is 238 g/mol. The second kappa shape index (κ2) is 5.91. The average molecular weight is 254 g/mol. The first-order valence-electron chi connectivity index (χ1n) is 6.11. The van der Waals surface area contributed by atoms with Gasteiger partial charge in [0.15, 0.2) is 0 Å². The van der Waals surface area contributed by atoms with Crippen LogP contribution in [0.4, 0.5) is 8.78 Å². The molecule has 18 heavy (non-hydrogen) atoms. The summed E-state index contributed by atoms with van der Waals surface area (Å²) >= 11 is 0. The Morgan fingerprint density at radius 3 is 2.94 bits per heavy atom. The second-order valence-electron chi connectivity index (χ2n) is 4.55. The summed E-state index contributed by atoms with van der Waals surface area (Å²) in [5.74, 6) is -1.61. The van der Waals surface area contributed by atoms with E-state index in [9.17, 15) is 13.6 Å². The van der Waals surface area contributed by atoms with Crippen LogP contribution in [-0.2, 0) is 0 Å². The fourth-order valence-corrected chi connectivity index (χ4v) is 2.10. The molecule has 2 N–H and O–H groups in total. The highest BCUT2D eigenvalue weighted by atomic mass is 19.1. The molecule has 5 heteroatoms. The maximum atomic E-state index is 13.4. The molecule has 3 nitrogen and oxygen atoms in total. The molecule has 1 aromatic rings. The standard InChI is InChI=1S/C13H16F2N2O/c14-10-3-4-11(12(15)6-10)13(18)17-8-9-2-1-5-16-7-9/h3-4,6,9,16H,1-2,5,7-8H2,(H,17,18). The predicted octanol–water partition coefficient (Wildman–Crippen LogP) is 1.69. The van der Waals surface area contributed by atoms with E-state index in [0.29, 0.717) is 12.5 Å². The molecule has 1 amide bonds. The van der Waals surface area contributed by atoms with E-state index in [-0.39, 0.29) is 5.56 Å². The van der Waals surface area contributed by atoms with E-state index in [1.807, 2.05) is 0 Å². The number of amides is 1. The molecule has 2 rings (SSSR count). The summed E-state index contributed by atoms with van der Waals surface area (Å²) in [5.41, 5.74) is -0.111. The number of rotatable bonds is 3. The Hall–Kier alpha value is -1.49. The highest BCUT2D eigenvalue weighted by molar-refractivity contribution is 5.94. The van der Waals surface area contributed by atoms with Crippen molar-refractivity contribution in [3.05, 3.63) is 35.4 Å². The van der Waals surface area contributed by atoms with Crippen LogP contribution in [0.5, 0.6) is 0 Å². The zero-order valence-corrected chi connectivity index (χ0v) is 10.0. The van der Waals surface area contributed by atoms with Gasteiger partial charge >= 0.3 is 0 Å². The second-order valence-corrected chi connectivity index (χ2v) is 4.55. The van der Waals surface area contributed by atoms with Crippen molar-refractivity contribution in [2.45, 2.75) is 12.8 Å².